The van der Waals surface area contributed by atoms with E-state index >= 15 is 0 Å². The number of hydrogen-bond acceptors (Lipinski definition) is 2. The van der Waals surface area contributed by atoms with E-state index in [1.54, 1.807) is 4.90 Å². The third kappa shape index (κ3) is 2.29. The summed E-state index contributed by atoms with van der Waals surface area (Å²) in [4.78, 5) is 13.2. The van der Waals surface area contributed by atoms with Crippen LogP contribution in [0.1, 0.15) is 18.9 Å². The van der Waals surface area contributed by atoms with E-state index < -0.39 is 0 Å². The lowest BCUT2D eigenvalue weighted by Crippen LogP contribution is -2.24. The van der Waals surface area contributed by atoms with Gasteiger partial charge in [0.1, 0.15) is 6.10 Å². The average molecular weight is 205 g/mol. The van der Waals surface area contributed by atoms with Gasteiger partial charge in [0.05, 0.1) is 6.54 Å². The highest BCUT2D eigenvalue weighted by atomic mass is 16.6. The zero-order chi connectivity index (χ0) is 10.7. The molecular formula is C12H15NO2. The van der Waals surface area contributed by atoms with Crippen molar-refractivity contribution < 1.29 is 9.53 Å². The van der Waals surface area contributed by atoms with E-state index in [0.717, 1.165) is 12.0 Å². The lowest BCUT2D eigenvalue weighted by Gasteiger charge is -2.12. The first-order chi connectivity index (χ1) is 7.29. The number of rotatable bonds is 3. The fourth-order valence-electron chi connectivity index (χ4n) is 1.72. The van der Waals surface area contributed by atoms with Gasteiger partial charge in [0.25, 0.3) is 0 Å². The molecule has 1 aromatic carbocycles. The molecule has 0 N–H and O–H groups in total. The number of carbonyl (C=O) groups excluding carboxylic acids is 1. The fraction of sp³-hybridized carbons (Fsp3) is 0.417. The van der Waals surface area contributed by atoms with Gasteiger partial charge in [0.15, 0.2) is 0 Å². The van der Waals surface area contributed by atoms with Crippen molar-refractivity contribution in [2.24, 2.45) is 0 Å². The van der Waals surface area contributed by atoms with Crippen molar-refractivity contribution in [3.8, 4) is 0 Å². The quantitative estimate of drug-likeness (QED) is 0.758. The molecule has 1 atom stereocenters. The van der Waals surface area contributed by atoms with Gasteiger partial charge < -0.3 is 9.64 Å². The molecule has 1 aliphatic rings. The van der Waals surface area contributed by atoms with Gasteiger partial charge in [0.2, 0.25) is 0 Å². The fourth-order valence-corrected chi connectivity index (χ4v) is 1.72. The Morgan fingerprint density at radius 3 is 2.73 bits per heavy atom. The molecule has 0 saturated carbocycles. The molecule has 1 unspecified atom stereocenters. The molecule has 1 fully saturated rings. The molecule has 15 heavy (non-hydrogen) atoms. The minimum absolute atomic E-state index is 0.0706. The summed E-state index contributed by atoms with van der Waals surface area (Å²) in [6.45, 7) is 3.39. The molecule has 0 radical (unpaired) electrons. The molecule has 1 saturated heterocycles. The summed E-state index contributed by atoms with van der Waals surface area (Å²) < 4.78 is 5.18. The van der Waals surface area contributed by atoms with Crippen LogP contribution in [0.2, 0.25) is 0 Å². The molecule has 0 aromatic heterocycles. The van der Waals surface area contributed by atoms with Crippen LogP contribution in [0.4, 0.5) is 4.79 Å². The summed E-state index contributed by atoms with van der Waals surface area (Å²) >= 11 is 0. The van der Waals surface area contributed by atoms with Gasteiger partial charge in [-0.2, -0.15) is 0 Å². The molecule has 0 spiro atoms. The predicted molar refractivity (Wildman–Crippen MR) is 57.4 cm³/mol. The highest BCUT2D eigenvalue weighted by Gasteiger charge is 2.29. The minimum atomic E-state index is -0.189. The van der Waals surface area contributed by atoms with Crippen molar-refractivity contribution in [1.82, 2.24) is 4.90 Å². The highest BCUT2D eigenvalue weighted by Crippen LogP contribution is 2.16. The zero-order valence-corrected chi connectivity index (χ0v) is 8.85. The molecule has 2 rings (SSSR count). The van der Waals surface area contributed by atoms with Crippen LogP contribution in [0.15, 0.2) is 30.3 Å². The topological polar surface area (TPSA) is 29.5 Å². The van der Waals surface area contributed by atoms with Gasteiger partial charge in [0, 0.05) is 6.54 Å². The van der Waals surface area contributed by atoms with Crippen molar-refractivity contribution >= 4 is 6.09 Å². The summed E-state index contributed by atoms with van der Waals surface area (Å²) in [5.41, 5.74) is 1.14. The molecule has 3 heteroatoms. The standard InChI is InChI=1S/C12H15NO2/c1-2-11-9-13(12(14)15-11)8-10-6-4-3-5-7-10/h3-7,11H,2,8-9H2,1H3. The van der Waals surface area contributed by atoms with Gasteiger partial charge >= 0.3 is 6.09 Å². The van der Waals surface area contributed by atoms with Crippen molar-refractivity contribution in [2.45, 2.75) is 26.0 Å². The first-order valence-electron chi connectivity index (χ1n) is 5.29. The zero-order valence-electron chi connectivity index (χ0n) is 8.85. The van der Waals surface area contributed by atoms with E-state index in [2.05, 4.69) is 0 Å². The Morgan fingerprint density at radius 2 is 2.13 bits per heavy atom. The maximum absolute atomic E-state index is 11.5. The second-order valence-electron chi connectivity index (χ2n) is 3.78. The van der Waals surface area contributed by atoms with E-state index in [1.165, 1.54) is 0 Å². The van der Waals surface area contributed by atoms with Crippen LogP contribution < -0.4 is 0 Å². The number of cyclic esters (lactones) is 1. The number of nitrogens with zero attached hydrogens (tertiary/aromatic N) is 1. The van der Waals surface area contributed by atoms with E-state index in [-0.39, 0.29) is 12.2 Å². The average Bonchev–Trinajstić information content (AvgIpc) is 2.61. The van der Waals surface area contributed by atoms with Crippen LogP contribution in [-0.2, 0) is 11.3 Å². The third-order valence-electron chi connectivity index (χ3n) is 2.62. The Morgan fingerprint density at radius 1 is 1.40 bits per heavy atom. The van der Waals surface area contributed by atoms with Crippen LogP contribution in [0.5, 0.6) is 0 Å². The molecule has 1 amide bonds. The maximum atomic E-state index is 11.5. The van der Waals surface area contributed by atoms with Gasteiger partial charge in [-0.25, -0.2) is 4.79 Å². The second-order valence-corrected chi connectivity index (χ2v) is 3.78. The van der Waals surface area contributed by atoms with E-state index in [4.69, 9.17) is 4.74 Å². The Balaban J connectivity index is 1.99. The Kier molecular flexibility index (Phi) is 2.90. The summed E-state index contributed by atoms with van der Waals surface area (Å²) in [5.74, 6) is 0. The lowest BCUT2D eigenvalue weighted by molar-refractivity contribution is 0.130. The smallest absolute Gasteiger partial charge is 0.410 e. The number of benzene rings is 1. The number of ether oxygens (including phenoxy) is 1. The van der Waals surface area contributed by atoms with E-state index in [9.17, 15) is 4.79 Å². The molecule has 3 nitrogen and oxygen atoms in total. The normalized spacial score (nSPS) is 20.5. The molecule has 0 bridgehead atoms. The van der Waals surface area contributed by atoms with Crippen LogP contribution in [0, 0.1) is 0 Å². The summed E-state index contributed by atoms with van der Waals surface area (Å²) in [6.07, 6.45) is 0.767. The first-order valence-corrected chi connectivity index (χ1v) is 5.29. The van der Waals surface area contributed by atoms with Crippen molar-refractivity contribution in [2.75, 3.05) is 6.54 Å². The van der Waals surface area contributed by atoms with Crippen molar-refractivity contribution in [3.05, 3.63) is 35.9 Å². The molecule has 1 aromatic rings. The van der Waals surface area contributed by atoms with Gasteiger partial charge in [-0.05, 0) is 12.0 Å². The number of amides is 1. The SMILES string of the molecule is CCC1CN(Cc2ccccc2)C(=O)O1. The van der Waals surface area contributed by atoms with Gasteiger partial charge in [-0.1, -0.05) is 37.3 Å². The van der Waals surface area contributed by atoms with Crippen LogP contribution in [0.25, 0.3) is 0 Å². The van der Waals surface area contributed by atoms with E-state index in [1.807, 2.05) is 37.3 Å². The Hall–Kier alpha value is -1.51. The lowest BCUT2D eigenvalue weighted by atomic mass is 10.2. The summed E-state index contributed by atoms with van der Waals surface area (Å²) in [7, 11) is 0. The monoisotopic (exact) mass is 205 g/mol. The van der Waals surface area contributed by atoms with Crippen LogP contribution in [0.3, 0.4) is 0 Å². The Bertz CT molecular complexity index is 337. The third-order valence-corrected chi connectivity index (χ3v) is 2.62. The van der Waals surface area contributed by atoms with Crippen molar-refractivity contribution in [3.63, 3.8) is 0 Å². The van der Waals surface area contributed by atoms with Crippen LogP contribution in [-0.4, -0.2) is 23.6 Å². The number of hydrogen-bond donors (Lipinski definition) is 0. The molecule has 1 aliphatic heterocycles. The first kappa shape index (κ1) is 10.0. The van der Waals surface area contributed by atoms with Gasteiger partial charge in [-0.15, -0.1) is 0 Å². The van der Waals surface area contributed by atoms with E-state index in [0.29, 0.717) is 13.1 Å². The maximum Gasteiger partial charge on any atom is 0.410 e. The van der Waals surface area contributed by atoms with Crippen molar-refractivity contribution in [1.29, 1.82) is 0 Å². The predicted octanol–water partition coefficient (Wildman–Crippen LogP) is 2.42. The van der Waals surface area contributed by atoms with Gasteiger partial charge in [-0.3, -0.25) is 0 Å². The summed E-state index contributed by atoms with van der Waals surface area (Å²) in [5, 5.41) is 0. The second kappa shape index (κ2) is 4.34. The molecule has 80 valence electrons. The minimum Gasteiger partial charge on any atom is -0.444 e. The number of carbonyl (C=O) groups is 1. The highest BCUT2D eigenvalue weighted by molar-refractivity contribution is 5.69. The molecule has 1 heterocycles. The molecular weight excluding hydrogens is 190 g/mol. The largest absolute Gasteiger partial charge is 0.444 e. The van der Waals surface area contributed by atoms with Crippen LogP contribution >= 0.6 is 0 Å². The summed E-state index contributed by atoms with van der Waals surface area (Å²) in [6, 6.07) is 9.97. The Labute approximate surface area is 89.7 Å². The molecule has 0 aliphatic carbocycles.